The van der Waals surface area contributed by atoms with E-state index in [2.05, 4.69) is 19.9 Å². The Morgan fingerprint density at radius 2 is 1.95 bits per heavy atom. The number of hydrogen-bond acceptors (Lipinski definition) is 9. The third-order valence-corrected chi connectivity index (χ3v) is 7.84. The molecule has 2 N–H and O–H groups in total. The number of hydrogen-bond donors (Lipinski definition) is 2. The van der Waals surface area contributed by atoms with Gasteiger partial charge in [-0.25, -0.2) is 27.5 Å². The molecule has 39 heavy (non-hydrogen) atoms. The van der Waals surface area contributed by atoms with Gasteiger partial charge < -0.3 is 15.0 Å². The van der Waals surface area contributed by atoms with Gasteiger partial charge in [0.1, 0.15) is 10.7 Å². The Kier molecular flexibility index (Phi) is 7.73. The molecule has 206 valence electrons. The van der Waals surface area contributed by atoms with E-state index in [0.29, 0.717) is 36.0 Å². The molecule has 11 nitrogen and oxygen atoms in total. The molecular weight excluding hydrogens is 523 g/mol. The number of nitrogens with zero attached hydrogens (tertiary/aromatic N) is 6. The van der Waals surface area contributed by atoms with Crippen molar-refractivity contribution in [1.29, 1.82) is 0 Å². The summed E-state index contributed by atoms with van der Waals surface area (Å²) in [6.07, 6.45) is 4.82. The Labute approximate surface area is 226 Å². The van der Waals surface area contributed by atoms with Crippen LogP contribution in [0.3, 0.4) is 0 Å². The number of ether oxygens (including phenoxy) is 1. The van der Waals surface area contributed by atoms with Crippen LogP contribution in [0.4, 0.5) is 15.9 Å². The maximum Gasteiger partial charge on any atom is 0.264 e. The highest BCUT2D eigenvalue weighted by Gasteiger charge is 2.24. The van der Waals surface area contributed by atoms with Crippen LogP contribution in [0.25, 0.3) is 22.4 Å². The smallest absolute Gasteiger partial charge is 0.264 e. The first-order valence-electron chi connectivity index (χ1n) is 12.7. The molecule has 1 unspecified atom stereocenters. The van der Waals surface area contributed by atoms with E-state index in [4.69, 9.17) is 19.8 Å². The van der Waals surface area contributed by atoms with E-state index in [9.17, 15) is 12.8 Å². The van der Waals surface area contributed by atoms with E-state index >= 15 is 0 Å². The number of sulfonamides is 1. The predicted molar refractivity (Wildman–Crippen MR) is 146 cm³/mol. The Morgan fingerprint density at radius 3 is 2.64 bits per heavy atom. The highest BCUT2D eigenvalue weighted by Crippen LogP contribution is 2.32. The van der Waals surface area contributed by atoms with Crippen LogP contribution in [0.5, 0.6) is 0 Å². The molecule has 0 spiro atoms. The molecule has 13 heteroatoms. The maximum atomic E-state index is 14.0. The van der Waals surface area contributed by atoms with Crippen molar-refractivity contribution >= 4 is 32.6 Å². The van der Waals surface area contributed by atoms with Crippen molar-refractivity contribution < 1.29 is 17.5 Å². The molecule has 5 rings (SSSR count). The molecule has 1 atom stereocenters. The van der Waals surface area contributed by atoms with Gasteiger partial charge in [-0.3, -0.25) is 9.71 Å². The Balaban J connectivity index is 1.49. The van der Waals surface area contributed by atoms with E-state index in [1.54, 1.807) is 24.3 Å². The fourth-order valence-corrected chi connectivity index (χ4v) is 5.56. The van der Waals surface area contributed by atoms with Gasteiger partial charge in [0.15, 0.2) is 23.5 Å². The molecule has 0 amide bonds. The van der Waals surface area contributed by atoms with Gasteiger partial charge >= 0.3 is 0 Å². The maximum absolute atomic E-state index is 14.0. The number of anilines is 2. The molecule has 4 heterocycles. The quantitative estimate of drug-likeness (QED) is 0.317. The van der Waals surface area contributed by atoms with Crippen molar-refractivity contribution in [2.24, 2.45) is 0 Å². The summed E-state index contributed by atoms with van der Waals surface area (Å²) >= 11 is 0. The zero-order valence-electron chi connectivity index (χ0n) is 22.1. The van der Waals surface area contributed by atoms with Crippen molar-refractivity contribution in [3.05, 3.63) is 54.2 Å². The van der Waals surface area contributed by atoms with E-state index in [1.807, 2.05) is 25.7 Å². The number of benzene rings is 1. The van der Waals surface area contributed by atoms with Crippen molar-refractivity contribution in [3.8, 4) is 11.4 Å². The number of rotatable bonds is 9. The first-order chi connectivity index (χ1) is 18.7. The first-order valence-corrected chi connectivity index (χ1v) is 14.2. The summed E-state index contributed by atoms with van der Waals surface area (Å²) in [4.78, 5) is 14.9. The Bertz CT molecular complexity index is 1570. The first kappa shape index (κ1) is 26.9. The second-order valence-electron chi connectivity index (χ2n) is 9.66. The summed E-state index contributed by atoms with van der Waals surface area (Å²) in [5.41, 5.74) is 2.44. The highest BCUT2D eigenvalue weighted by atomic mass is 32.2. The lowest BCUT2D eigenvalue weighted by Crippen LogP contribution is -2.21. The highest BCUT2D eigenvalue weighted by molar-refractivity contribution is 7.92. The van der Waals surface area contributed by atoms with Crippen LogP contribution in [0.1, 0.15) is 31.2 Å². The average molecular weight is 555 g/mol. The summed E-state index contributed by atoms with van der Waals surface area (Å²) in [5, 5.41) is 9.05. The number of fused-ring (bicyclic) bond motifs is 1. The number of likely N-dealkylation sites (N-methyl/N-ethyl adjacent to an activating group) is 1. The molecular formula is C26H31FN8O3S. The molecule has 3 aromatic heterocycles. The lowest BCUT2D eigenvalue weighted by molar-refractivity contribution is -0.0371. The van der Waals surface area contributed by atoms with Crippen molar-refractivity contribution in [3.63, 3.8) is 0 Å². The normalized spacial score (nSPS) is 16.1. The number of nitrogens with one attached hydrogen (secondary N) is 2. The van der Waals surface area contributed by atoms with E-state index < -0.39 is 20.7 Å². The zero-order chi connectivity index (χ0) is 27.6. The van der Waals surface area contributed by atoms with Gasteiger partial charge in [0.05, 0.1) is 17.3 Å². The molecule has 0 aliphatic carbocycles. The second-order valence-corrected chi connectivity index (χ2v) is 11.3. The predicted octanol–water partition coefficient (Wildman–Crippen LogP) is 3.81. The minimum atomic E-state index is -4.13. The van der Waals surface area contributed by atoms with Gasteiger partial charge in [0, 0.05) is 37.1 Å². The minimum absolute atomic E-state index is 0.197. The molecule has 0 saturated carbocycles. The van der Waals surface area contributed by atoms with Gasteiger partial charge in [-0.15, -0.1) is 0 Å². The topological polar surface area (TPSA) is 127 Å². The third-order valence-electron chi connectivity index (χ3n) is 6.43. The molecule has 1 aliphatic heterocycles. The SMILES string of the molecule is Cc1nn(C2CCCCO2)c2nc(-c3ccc(NS(=O)(=O)c4ccncc4F)cc3)nc(NCCN(C)C)c12. The summed E-state index contributed by atoms with van der Waals surface area (Å²) in [6, 6.07) is 7.73. The van der Waals surface area contributed by atoms with Crippen LogP contribution >= 0.6 is 0 Å². The van der Waals surface area contributed by atoms with Crippen LogP contribution in [-0.4, -0.2) is 71.8 Å². The number of aryl methyl sites for hydroxylation is 1. The Hall–Kier alpha value is -3.68. The van der Waals surface area contributed by atoms with Crippen LogP contribution < -0.4 is 10.0 Å². The molecule has 1 saturated heterocycles. The fourth-order valence-electron chi connectivity index (χ4n) is 4.46. The van der Waals surface area contributed by atoms with Crippen LogP contribution in [-0.2, 0) is 14.8 Å². The third kappa shape index (κ3) is 5.84. The number of halogens is 1. The molecule has 1 fully saturated rings. The van der Waals surface area contributed by atoms with Gasteiger partial charge in [-0.2, -0.15) is 5.10 Å². The lowest BCUT2D eigenvalue weighted by Gasteiger charge is -2.23. The average Bonchev–Trinajstić information content (AvgIpc) is 3.25. The summed E-state index contributed by atoms with van der Waals surface area (Å²) in [6.45, 7) is 4.11. The van der Waals surface area contributed by atoms with Crippen LogP contribution in [0.2, 0.25) is 0 Å². The minimum Gasteiger partial charge on any atom is -0.368 e. The number of aromatic nitrogens is 5. The van der Waals surface area contributed by atoms with Crippen molar-refractivity contribution in [1.82, 2.24) is 29.6 Å². The summed E-state index contributed by atoms with van der Waals surface area (Å²) in [7, 11) is -0.115. The van der Waals surface area contributed by atoms with Gasteiger partial charge in [-0.05, 0) is 70.6 Å². The molecule has 4 aromatic rings. The van der Waals surface area contributed by atoms with Crippen LogP contribution in [0, 0.1) is 12.7 Å². The monoisotopic (exact) mass is 554 g/mol. The van der Waals surface area contributed by atoms with Crippen molar-refractivity contribution in [2.75, 3.05) is 43.8 Å². The molecule has 0 bridgehead atoms. The lowest BCUT2D eigenvalue weighted by atomic mass is 10.2. The van der Waals surface area contributed by atoms with Gasteiger partial charge in [0.25, 0.3) is 10.0 Å². The molecule has 1 aliphatic rings. The largest absolute Gasteiger partial charge is 0.368 e. The zero-order valence-corrected chi connectivity index (χ0v) is 22.9. The standard InChI is InChI=1S/C26H31FN8O3S/c1-17-23-25(29-13-14-34(2)3)30-24(31-26(23)35(32-17)22-6-4-5-15-38-22)18-7-9-19(10-8-18)33-39(36,37)21-11-12-28-16-20(21)27/h7-12,16,22,33H,4-6,13-15H2,1-3H3,(H,29,30,31). The number of pyridine rings is 1. The molecule has 0 radical (unpaired) electrons. The summed E-state index contributed by atoms with van der Waals surface area (Å²) < 4.78 is 49.6. The van der Waals surface area contributed by atoms with Gasteiger partial charge in [0.2, 0.25) is 0 Å². The van der Waals surface area contributed by atoms with Crippen molar-refractivity contribution in [2.45, 2.75) is 37.3 Å². The molecule has 1 aromatic carbocycles. The second kappa shape index (κ2) is 11.2. The summed E-state index contributed by atoms with van der Waals surface area (Å²) in [5.74, 6) is 0.210. The van der Waals surface area contributed by atoms with Gasteiger partial charge in [-0.1, -0.05) is 0 Å². The van der Waals surface area contributed by atoms with E-state index in [-0.39, 0.29) is 11.9 Å². The Morgan fingerprint density at radius 1 is 1.15 bits per heavy atom. The fraction of sp³-hybridized carbons (Fsp3) is 0.385. The van der Waals surface area contributed by atoms with Crippen LogP contribution in [0.15, 0.2) is 47.6 Å². The van der Waals surface area contributed by atoms with E-state index in [0.717, 1.165) is 49.2 Å². The van der Waals surface area contributed by atoms with E-state index in [1.165, 1.54) is 6.20 Å².